The Morgan fingerprint density at radius 1 is 0.472 bits per heavy atom. The third-order valence-electron chi connectivity index (χ3n) is 6.69. The predicted molar refractivity (Wildman–Crippen MR) is 195 cm³/mol. The van der Waals surface area contributed by atoms with Crippen LogP contribution in [0.15, 0.2) is 109 Å². The van der Waals surface area contributed by atoms with E-state index in [4.69, 9.17) is 4.74 Å². The molecule has 264 valence electrons. The van der Waals surface area contributed by atoms with Crippen molar-refractivity contribution in [2.75, 3.05) is 6.61 Å². The number of hydrogen-bond donors (Lipinski definition) is 0. The molecule has 0 saturated carbocycles. The molecule has 3 aromatic carbocycles. The Hall–Kier alpha value is -6.76. The van der Waals surface area contributed by atoms with E-state index in [1.54, 1.807) is 37.3 Å². The number of hydrogen-bond acceptors (Lipinski definition) is 4. The molecule has 0 bridgehead atoms. The maximum atomic E-state index is 13.8. The van der Waals surface area contributed by atoms with Crippen LogP contribution in [0.1, 0.15) is 57.8 Å². The van der Waals surface area contributed by atoms with Crippen LogP contribution in [-0.4, -0.2) is 21.6 Å². The minimum Gasteiger partial charge on any atom is -0.489 e. The minimum atomic E-state index is -0.633. The lowest BCUT2D eigenvalue weighted by molar-refractivity contribution is 0.318. The van der Waals surface area contributed by atoms with Gasteiger partial charge in [-0.2, -0.15) is 0 Å². The smallest absolute Gasteiger partial charge is 0.173 e. The Balaban J connectivity index is 0.000000179. The summed E-state index contributed by atoms with van der Waals surface area (Å²) in [4.78, 5) is 12.6. The van der Waals surface area contributed by atoms with Gasteiger partial charge in [-0.15, -0.1) is 0 Å². The average Bonchev–Trinajstić information content (AvgIpc) is 3.12. The molecule has 0 aliphatic carbocycles. The van der Waals surface area contributed by atoms with Gasteiger partial charge in [0.25, 0.3) is 0 Å². The molecule has 0 saturated heterocycles. The van der Waals surface area contributed by atoms with Crippen molar-refractivity contribution in [3.8, 4) is 41.3 Å². The van der Waals surface area contributed by atoms with Gasteiger partial charge in [-0.1, -0.05) is 42.0 Å². The van der Waals surface area contributed by atoms with Crippen LogP contribution in [0.4, 0.5) is 22.0 Å². The number of nitrogens with zero attached hydrogens (tertiary/aromatic N) is 3. The first-order valence-corrected chi connectivity index (χ1v) is 16.2. The van der Waals surface area contributed by atoms with Gasteiger partial charge < -0.3 is 4.74 Å². The summed E-state index contributed by atoms with van der Waals surface area (Å²) in [6.07, 6.45) is 0. The molecule has 0 unspecified atom stereocenters. The van der Waals surface area contributed by atoms with Crippen molar-refractivity contribution in [1.82, 2.24) is 15.0 Å². The van der Waals surface area contributed by atoms with Crippen LogP contribution in [0.3, 0.4) is 0 Å². The standard InChI is InChI=1S/C16H13F2NO.C14H9F2N.C14H10FN/c1-3-20-16-13(14(17)9-10-15(16)18)8-7-12-6-4-5-11(2)19-12;1-10-3-2-4-14(17-10)6-5-11-7-12(15)9-13(16)8-11;1-11-4-2-7-14(16-11)9-8-12-5-3-6-13(15)10-12/h4-6,9-10H,3H2,1-2H3;2-4,7-9H,1H3;2-7,10H,1H3. The largest absolute Gasteiger partial charge is 0.489 e. The molecular formula is C44H32F5N3O. The Morgan fingerprint density at radius 2 is 0.925 bits per heavy atom. The van der Waals surface area contributed by atoms with Crippen molar-refractivity contribution < 1.29 is 26.7 Å². The van der Waals surface area contributed by atoms with E-state index < -0.39 is 23.3 Å². The Morgan fingerprint density at radius 3 is 1.42 bits per heavy atom. The molecule has 0 radical (unpaired) electrons. The lowest BCUT2D eigenvalue weighted by Gasteiger charge is -2.07. The van der Waals surface area contributed by atoms with Crippen LogP contribution < -0.4 is 4.74 Å². The summed E-state index contributed by atoms with van der Waals surface area (Å²) in [6, 6.07) is 27.9. The summed E-state index contributed by atoms with van der Waals surface area (Å²) in [6.45, 7) is 7.53. The highest BCUT2D eigenvalue weighted by Gasteiger charge is 2.13. The molecule has 6 rings (SSSR count). The summed E-state index contributed by atoms with van der Waals surface area (Å²) < 4.78 is 71.2. The van der Waals surface area contributed by atoms with E-state index in [9.17, 15) is 22.0 Å². The van der Waals surface area contributed by atoms with Crippen molar-refractivity contribution in [3.63, 3.8) is 0 Å². The van der Waals surface area contributed by atoms with Crippen molar-refractivity contribution in [1.29, 1.82) is 0 Å². The molecule has 3 heterocycles. The fourth-order valence-corrected chi connectivity index (χ4v) is 4.36. The van der Waals surface area contributed by atoms with Gasteiger partial charge in [-0.25, -0.2) is 36.9 Å². The predicted octanol–water partition coefficient (Wildman–Crippen LogP) is 9.46. The monoisotopic (exact) mass is 713 g/mol. The zero-order chi connectivity index (χ0) is 38.2. The van der Waals surface area contributed by atoms with Gasteiger partial charge in [0.15, 0.2) is 11.6 Å². The molecule has 0 aliphatic rings. The topological polar surface area (TPSA) is 47.9 Å². The van der Waals surface area contributed by atoms with E-state index in [1.165, 1.54) is 24.3 Å². The summed E-state index contributed by atoms with van der Waals surface area (Å²) >= 11 is 0. The normalized spacial score (nSPS) is 9.60. The summed E-state index contributed by atoms with van der Waals surface area (Å²) in [7, 11) is 0. The lowest BCUT2D eigenvalue weighted by atomic mass is 10.1. The van der Waals surface area contributed by atoms with Gasteiger partial charge in [0, 0.05) is 34.3 Å². The molecule has 0 amide bonds. The van der Waals surface area contributed by atoms with Gasteiger partial charge in [-0.05, 0) is 124 Å². The third kappa shape index (κ3) is 13.1. The molecule has 0 N–H and O–H groups in total. The van der Waals surface area contributed by atoms with Gasteiger partial charge in [-0.3, -0.25) is 0 Å². The maximum absolute atomic E-state index is 13.8. The molecule has 6 aromatic rings. The third-order valence-corrected chi connectivity index (χ3v) is 6.69. The fourth-order valence-electron chi connectivity index (χ4n) is 4.36. The highest BCUT2D eigenvalue weighted by molar-refractivity contribution is 5.50. The van der Waals surface area contributed by atoms with Crippen LogP contribution in [0, 0.1) is 85.4 Å². The van der Waals surface area contributed by atoms with Crippen molar-refractivity contribution in [2.45, 2.75) is 27.7 Å². The van der Waals surface area contributed by atoms with E-state index in [0.717, 1.165) is 35.3 Å². The molecule has 0 spiro atoms. The molecule has 0 aliphatic heterocycles. The quantitative estimate of drug-likeness (QED) is 0.133. The highest BCUT2D eigenvalue weighted by Crippen LogP contribution is 2.25. The molecule has 53 heavy (non-hydrogen) atoms. The minimum absolute atomic E-state index is 0.0878. The summed E-state index contributed by atoms with van der Waals surface area (Å²) in [5.41, 5.74) is 5.22. The first-order valence-electron chi connectivity index (χ1n) is 16.2. The van der Waals surface area contributed by atoms with Gasteiger partial charge in [0.1, 0.15) is 45.9 Å². The molecule has 0 fully saturated rings. The van der Waals surface area contributed by atoms with E-state index >= 15 is 0 Å². The molecule has 0 atom stereocenters. The number of benzene rings is 3. The zero-order valence-corrected chi connectivity index (χ0v) is 29.2. The van der Waals surface area contributed by atoms with Crippen molar-refractivity contribution >= 4 is 0 Å². The fraction of sp³-hybridized carbons (Fsp3) is 0.114. The number of aromatic nitrogens is 3. The lowest BCUT2D eigenvalue weighted by Crippen LogP contribution is -2.00. The van der Waals surface area contributed by atoms with Crippen LogP contribution in [0.25, 0.3) is 0 Å². The molecule has 3 aromatic heterocycles. The first kappa shape index (κ1) is 39.0. The second-order valence-corrected chi connectivity index (χ2v) is 11.1. The van der Waals surface area contributed by atoms with Crippen LogP contribution in [-0.2, 0) is 0 Å². The molecule has 4 nitrogen and oxygen atoms in total. The first-order chi connectivity index (χ1) is 25.5. The summed E-state index contributed by atoms with van der Waals surface area (Å²) in [5.74, 6) is 13.6. The van der Waals surface area contributed by atoms with Gasteiger partial charge in [0.2, 0.25) is 0 Å². The van der Waals surface area contributed by atoms with Crippen LogP contribution >= 0.6 is 0 Å². The number of halogens is 5. The van der Waals surface area contributed by atoms with Gasteiger partial charge >= 0.3 is 0 Å². The SMILES string of the molecule is CCOc1c(F)ccc(F)c1C#Cc1cccc(C)n1.Cc1cccc(C#Cc2cc(F)cc(F)c2)n1.Cc1cccc(C#Cc2cccc(F)c2)n1. The van der Waals surface area contributed by atoms with E-state index in [-0.39, 0.29) is 23.7 Å². The van der Waals surface area contributed by atoms with Crippen LogP contribution in [0.2, 0.25) is 0 Å². The number of aryl methyl sites for hydroxylation is 3. The Labute approximate surface area is 305 Å². The second kappa shape index (κ2) is 19.6. The zero-order valence-electron chi connectivity index (χ0n) is 29.2. The maximum Gasteiger partial charge on any atom is 0.173 e. The van der Waals surface area contributed by atoms with Gasteiger partial charge in [0.05, 0.1) is 6.61 Å². The van der Waals surface area contributed by atoms with E-state index in [1.807, 2.05) is 57.2 Å². The van der Waals surface area contributed by atoms with E-state index in [0.29, 0.717) is 28.2 Å². The Bertz CT molecular complexity index is 2330. The second-order valence-electron chi connectivity index (χ2n) is 11.1. The number of ether oxygens (including phenoxy) is 1. The average molecular weight is 714 g/mol. The van der Waals surface area contributed by atoms with Crippen molar-refractivity contribution in [3.05, 3.63) is 189 Å². The Kier molecular flexibility index (Phi) is 14.4. The van der Waals surface area contributed by atoms with E-state index in [2.05, 4.69) is 50.5 Å². The molecular weight excluding hydrogens is 681 g/mol. The number of pyridine rings is 3. The highest BCUT2D eigenvalue weighted by atomic mass is 19.1. The number of rotatable bonds is 2. The molecule has 9 heteroatoms. The van der Waals surface area contributed by atoms with Crippen molar-refractivity contribution in [2.24, 2.45) is 0 Å². The summed E-state index contributed by atoms with van der Waals surface area (Å²) in [5, 5.41) is 0. The van der Waals surface area contributed by atoms with Crippen LogP contribution in [0.5, 0.6) is 5.75 Å².